The van der Waals surface area contributed by atoms with Crippen LogP contribution in [0, 0.1) is 0 Å². The smallest absolute Gasteiger partial charge is 0 e. The summed E-state index contributed by atoms with van der Waals surface area (Å²) in [5, 5.41) is 0. The second-order valence-corrected chi connectivity index (χ2v) is 0.811. The van der Waals surface area contributed by atoms with Crippen molar-refractivity contribution in [1.29, 1.82) is 0 Å². The van der Waals surface area contributed by atoms with Crippen molar-refractivity contribution >= 4 is 6.16 Å². The maximum atomic E-state index is 9.58. The maximum absolute atomic E-state index is 9.58. The van der Waals surface area contributed by atoms with Crippen LogP contribution in [0.5, 0.6) is 0 Å². The molecule has 0 spiro atoms. The van der Waals surface area contributed by atoms with E-state index in [2.05, 4.69) is 39.8 Å². The fraction of sp³-hybridized carbons (Fsp3) is 0. The molecule has 0 N–H and O–H groups in total. The molecule has 0 aromatic rings. The number of carbonyl (C=O) groups is 1. The van der Waals surface area contributed by atoms with Crippen molar-refractivity contribution in [2.45, 2.75) is 0 Å². The first-order chi connectivity index (χ1) is 2.81. The van der Waals surface area contributed by atoms with Gasteiger partial charge in [0.25, 0.3) is 0 Å². The molecular weight excluding hydrogens is 405 g/mol. The molecule has 0 aliphatic carbocycles. The van der Waals surface area contributed by atoms with Gasteiger partial charge in [-0.1, -0.05) is 0 Å². The second-order valence-electron chi connectivity index (χ2n) is 0.386. The van der Waals surface area contributed by atoms with Gasteiger partial charge in [-0.05, 0) is 0 Å². The number of rotatable bonds is 0. The molecule has 0 saturated carbocycles. The fourth-order valence-corrected chi connectivity index (χ4v) is 0.157. The number of hydrogen-bond acceptors (Lipinski definition) is 3. The summed E-state index contributed by atoms with van der Waals surface area (Å²) in [6.07, 6.45) is -0.935. The van der Waals surface area contributed by atoms with Gasteiger partial charge in [0.1, 0.15) is 0 Å². The van der Waals surface area contributed by atoms with Crippen molar-refractivity contribution in [3.05, 3.63) is 0 Å². The van der Waals surface area contributed by atoms with E-state index >= 15 is 0 Å². The molecule has 0 rings (SSSR count). The van der Waals surface area contributed by atoms with Crippen LogP contribution < -0.4 is 0 Å². The van der Waals surface area contributed by atoms with E-state index in [1.54, 1.807) is 0 Å². The maximum Gasteiger partial charge on any atom is 0 e. The Balaban J connectivity index is -0.0000000208. The summed E-state index contributed by atoms with van der Waals surface area (Å²) >= 11 is 6.23. The van der Waals surface area contributed by atoms with Gasteiger partial charge in [-0.2, -0.15) is 0 Å². The van der Waals surface area contributed by atoms with Crippen LogP contribution >= 0.6 is 0 Å². The van der Waals surface area contributed by atoms with Gasteiger partial charge in [-0.15, -0.1) is 0 Å². The van der Waals surface area contributed by atoms with Crippen molar-refractivity contribution in [2.24, 2.45) is 0 Å². The van der Waals surface area contributed by atoms with E-state index in [0.717, 1.165) is 0 Å². The molecule has 2 radical (unpaired) electrons. The third-order valence-electron chi connectivity index (χ3n) is 0.111. The largest absolute Gasteiger partial charge is 0 e. The molecule has 0 heterocycles. The summed E-state index contributed by atoms with van der Waals surface area (Å²) in [6, 6.07) is 0. The zero-order valence-corrected chi connectivity index (χ0v) is 10.2. The van der Waals surface area contributed by atoms with Crippen molar-refractivity contribution in [1.82, 2.24) is 0 Å². The Bertz CT molecular complexity index is 60.5. The summed E-state index contributed by atoms with van der Waals surface area (Å²) in [7, 11) is 0. The average Bonchev–Trinajstić information content (AvgIpc) is 1.65. The Hall–Kier alpha value is 2.31. The third-order valence-corrected chi connectivity index (χ3v) is 0.458. The van der Waals surface area contributed by atoms with Crippen LogP contribution in [0.1, 0.15) is 0 Å². The van der Waals surface area contributed by atoms with Gasteiger partial charge in [0.05, 0.1) is 0 Å². The standard InChI is InChI=1S/CH2O3.2Co.2Mn.2Ni/c2-1(3)4;;;;;;/h(H2,2,3,4);;;;;;/q;2*+1;;;;/p-2. The van der Waals surface area contributed by atoms with E-state index in [0.29, 0.717) is 0 Å². The zero-order chi connectivity index (χ0) is 4.99. The Morgan fingerprint density at radius 2 is 1.20 bits per heavy atom. The molecule has 0 atom stereocenters. The molecule has 0 aromatic carbocycles. The van der Waals surface area contributed by atoms with Gasteiger partial charge in [-0.3, -0.25) is 0 Å². The minimum Gasteiger partial charge on any atom is 0 e. The molecule has 0 aromatic heterocycles. The monoisotopic (exact) mass is 404 g/mol. The molecule has 0 aliphatic rings. The molecule has 9 heteroatoms. The van der Waals surface area contributed by atoms with Gasteiger partial charge in [-0.25, -0.2) is 0 Å². The fourth-order valence-electron chi connectivity index (χ4n) is 0.00926. The minimum atomic E-state index is -0.935. The van der Waals surface area contributed by atoms with Crippen LogP contribution in [0.2, 0.25) is 0 Å². The van der Waals surface area contributed by atoms with Gasteiger partial charge in [0, 0.05) is 67.1 Å². The molecule has 10 heavy (non-hydrogen) atoms. The molecule has 74 valence electrons. The van der Waals surface area contributed by atoms with E-state index in [1.807, 2.05) is 0 Å². The first-order valence-corrected chi connectivity index (χ1v) is 1.73. The Kier molecular flexibility index (Phi) is 66.3. The first-order valence-electron chi connectivity index (χ1n) is 0.885. The third kappa shape index (κ3) is 22.4. The average molecular weight is 405 g/mol. The summed E-state index contributed by atoms with van der Waals surface area (Å²) < 4.78 is 7.30. The van der Waals surface area contributed by atoms with Crippen LogP contribution in [0.15, 0.2) is 0 Å². The predicted octanol–water partition coefficient (Wildman–Crippen LogP) is 0.0532. The van der Waals surface area contributed by atoms with Crippen LogP contribution in [0.4, 0.5) is 4.79 Å². The summed E-state index contributed by atoms with van der Waals surface area (Å²) in [5.74, 6) is 0. The first kappa shape index (κ1) is 29.5. The second kappa shape index (κ2) is 22.5. The molecule has 3 nitrogen and oxygen atoms in total. The van der Waals surface area contributed by atoms with Gasteiger partial charge in [0.15, 0.2) is 0 Å². The van der Waals surface area contributed by atoms with Crippen molar-refractivity contribution < 1.29 is 112 Å². The Labute approximate surface area is 116 Å². The van der Waals surface area contributed by atoms with Gasteiger partial charge in [0.2, 0.25) is 0 Å². The van der Waals surface area contributed by atoms with E-state index in [1.165, 1.54) is 0 Å². The number of carbonyl (C=O) groups excluding carboxylic acids is 1. The van der Waals surface area contributed by atoms with Crippen LogP contribution in [-0.2, 0) is 107 Å². The van der Waals surface area contributed by atoms with Crippen molar-refractivity contribution in [3.8, 4) is 0 Å². The summed E-state index contributed by atoms with van der Waals surface area (Å²) in [4.78, 5) is 9.58. The predicted molar refractivity (Wildman–Crippen MR) is 7.57 cm³/mol. The van der Waals surface area contributed by atoms with E-state index in [9.17, 15) is 4.79 Å². The van der Waals surface area contributed by atoms with Gasteiger partial charge < -0.3 is 0 Å². The Morgan fingerprint density at radius 1 is 1.00 bits per heavy atom. The Morgan fingerprint density at radius 3 is 1.20 bits per heavy atom. The molecule has 0 unspecified atom stereocenters. The molecule has 0 saturated heterocycles. The summed E-state index contributed by atoms with van der Waals surface area (Å²) in [6.45, 7) is 0. The van der Waals surface area contributed by atoms with Crippen molar-refractivity contribution in [2.75, 3.05) is 0 Å². The molecule has 0 bridgehead atoms. The molecule has 0 aliphatic heterocycles. The van der Waals surface area contributed by atoms with Crippen LogP contribution in [-0.4, -0.2) is 6.16 Å². The SMILES string of the molecule is O=C([O][Co])[O][Co].[Mn].[Mn].[Ni].[Ni]. The van der Waals surface area contributed by atoms with Crippen LogP contribution in [0.25, 0.3) is 0 Å². The van der Waals surface area contributed by atoms with Crippen molar-refractivity contribution in [3.63, 3.8) is 0 Å². The van der Waals surface area contributed by atoms with Crippen LogP contribution in [0.3, 0.4) is 0 Å². The molecule has 0 amide bonds. The summed E-state index contributed by atoms with van der Waals surface area (Å²) in [5.41, 5.74) is 0. The van der Waals surface area contributed by atoms with E-state index < -0.39 is 6.16 Å². The normalized spacial score (nSPS) is 4.40. The topological polar surface area (TPSA) is 35.5 Å². The van der Waals surface area contributed by atoms with Gasteiger partial charge >= 0.3 is 50.8 Å². The number of hydrogen-bond donors (Lipinski definition) is 0. The molecule has 0 fully saturated rings. The zero-order valence-electron chi connectivity index (χ0n) is 3.78. The molecular formula is CCo2Mn2Ni2O3. The van der Waals surface area contributed by atoms with E-state index in [4.69, 9.17) is 0 Å². The quantitative estimate of drug-likeness (QED) is 0.535. The minimum absolute atomic E-state index is 0. The van der Waals surface area contributed by atoms with E-state index in [-0.39, 0.29) is 67.1 Å².